The molecule has 1 heterocycles. The number of carbonyl (C=O) groups is 1. The van der Waals surface area contributed by atoms with Gasteiger partial charge in [0.25, 0.3) is 0 Å². The molecule has 2 fully saturated rings. The predicted molar refractivity (Wildman–Crippen MR) is 73.2 cm³/mol. The van der Waals surface area contributed by atoms with Gasteiger partial charge in [0.1, 0.15) is 5.60 Å². The Morgan fingerprint density at radius 2 is 1.95 bits per heavy atom. The molecule has 0 spiro atoms. The van der Waals surface area contributed by atoms with Gasteiger partial charge in [0.2, 0.25) is 0 Å². The molecule has 3 unspecified atom stereocenters. The molecule has 0 bridgehead atoms. The van der Waals surface area contributed by atoms with Gasteiger partial charge in [0.05, 0.1) is 6.61 Å². The maximum atomic E-state index is 11.8. The van der Waals surface area contributed by atoms with Gasteiger partial charge in [-0.3, -0.25) is 0 Å². The summed E-state index contributed by atoms with van der Waals surface area (Å²) in [6.07, 6.45) is 4.02. The first-order chi connectivity index (χ1) is 8.94. The lowest BCUT2D eigenvalue weighted by Gasteiger charge is -2.27. The fourth-order valence-electron chi connectivity index (χ4n) is 2.76. The highest BCUT2D eigenvalue weighted by Gasteiger charge is 2.32. The van der Waals surface area contributed by atoms with E-state index >= 15 is 0 Å². The average molecular weight is 270 g/mol. The standard InChI is InChI=1S/C14H26N2O3/c1-14(2,3)19-13(17)16-12-6-4-5-11(12)15-10-7-8-18-9-10/h10-12,15H,4-9H2,1-3H3,(H,16,17). The Balaban J connectivity index is 1.79. The van der Waals surface area contributed by atoms with E-state index in [0.717, 1.165) is 38.9 Å². The number of ether oxygens (including phenoxy) is 2. The number of hydrogen-bond acceptors (Lipinski definition) is 4. The van der Waals surface area contributed by atoms with E-state index in [4.69, 9.17) is 9.47 Å². The minimum atomic E-state index is -0.440. The molecule has 3 atom stereocenters. The molecule has 1 aliphatic heterocycles. The van der Waals surface area contributed by atoms with Gasteiger partial charge in [0.15, 0.2) is 0 Å². The molecule has 1 saturated heterocycles. The Hall–Kier alpha value is -0.810. The van der Waals surface area contributed by atoms with Crippen LogP contribution in [-0.4, -0.2) is 43.0 Å². The third-order valence-electron chi connectivity index (χ3n) is 3.60. The zero-order valence-electron chi connectivity index (χ0n) is 12.2. The molecule has 19 heavy (non-hydrogen) atoms. The summed E-state index contributed by atoms with van der Waals surface area (Å²) in [6.45, 7) is 7.27. The quantitative estimate of drug-likeness (QED) is 0.821. The summed E-state index contributed by atoms with van der Waals surface area (Å²) in [5.41, 5.74) is -0.440. The van der Waals surface area contributed by atoms with Crippen LogP contribution in [0.3, 0.4) is 0 Å². The second kappa shape index (κ2) is 6.09. The molecule has 1 amide bonds. The lowest BCUT2D eigenvalue weighted by Crippen LogP contribution is -2.50. The van der Waals surface area contributed by atoms with Crippen molar-refractivity contribution in [2.24, 2.45) is 0 Å². The number of carbonyl (C=O) groups excluding carboxylic acids is 1. The van der Waals surface area contributed by atoms with E-state index in [9.17, 15) is 4.79 Å². The fourth-order valence-corrected chi connectivity index (χ4v) is 2.76. The molecule has 0 aromatic carbocycles. The van der Waals surface area contributed by atoms with Gasteiger partial charge in [-0.05, 0) is 46.5 Å². The number of nitrogens with one attached hydrogen (secondary N) is 2. The molecule has 2 rings (SSSR count). The second-order valence-electron chi connectivity index (χ2n) is 6.52. The van der Waals surface area contributed by atoms with E-state index in [1.54, 1.807) is 0 Å². The summed E-state index contributed by atoms with van der Waals surface area (Å²) in [6, 6.07) is 0.959. The third-order valence-corrected chi connectivity index (χ3v) is 3.60. The van der Waals surface area contributed by atoms with Gasteiger partial charge in [-0.2, -0.15) is 0 Å². The SMILES string of the molecule is CC(C)(C)OC(=O)NC1CCCC1NC1CCOC1. The van der Waals surface area contributed by atoms with Crippen molar-refractivity contribution >= 4 is 6.09 Å². The Kier molecular flexibility index (Phi) is 4.68. The Morgan fingerprint density at radius 1 is 1.21 bits per heavy atom. The first kappa shape index (κ1) is 14.6. The largest absolute Gasteiger partial charge is 0.444 e. The summed E-state index contributed by atoms with van der Waals surface area (Å²) >= 11 is 0. The molecule has 1 saturated carbocycles. The molecule has 2 N–H and O–H groups in total. The van der Waals surface area contributed by atoms with Crippen LogP contribution >= 0.6 is 0 Å². The number of rotatable bonds is 3. The number of hydrogen-bond donors (Lipinski definition) is 2. The van der Waals surface area contributed by atoms with E-state index in [1.807, 2.05) is 20.8 Å². The van der Waals surface area contributed by atoms with Crippen LogP contribution in [0.1, 0.15) is 46.5 Å². The fraction of sp³-hybridized carbons (Fsp3) is 0.929. The van der Waals surface area contributed by atoms with Crippen LogP contribution in [0.2, 0.25) is 0 Å². The van der Waals surface area contributed by atoms with E-state index < -0.39 is 5.60 Å². The Labute approximate surface area is 115 Å². The highest BCUT2D eigenvalue weighted by Crippen LogP contribution is 2.21. The van der Waals surface area contributed by atoms with Gasteiger partial charge in [-0.25, -0.2) is 4.79 Å². The molecule has 110 valence electrons. The summed E-state index contributed by atoms with van der Waals surface area (Å²) in [5.74, 6) is 0. The van der Waals surface area contributed by atoms with Crippen LogP contribution in [-0.2, 0) is 9.47 Å². The van der Waals surface area contributed by atoms with Crippen molar-refractivity contribution < 1.29 is 14.3 Å². The minimum Gasteiger partial charge on any atom is -0.444 e. The van der Waals surface area contributed by atoms with Crippen LogP contribution < -0.4 is 10.6 Å². The minimum absolute atomic E-state index is 0.176. The first-order valence-corrected chi connectivity index (χ1v) is 7.27. The van der Waals surface area contributed by atoms with Crippen molar-refractivity contribution in [1.29, 1.82) is 0 Å². The zero-order chi connectivity index (χ0) is 13.9. The van der Waals surface area contributed by atoms with Gasteiger partial charge < -0.3 is 20.1 Å². The smallest absolute Gasteiger partial charge is 0.407 e. The Morgan fingerprint density at radius 3 is 2.58 bits per heavy atom. The van der Waals surface area contributed by atoms with Crippen molar-refractivity contribution in [1.82, 2.24) is 10.6 Å². The maximum Gasteiger partial charge on any atom is 0.407 e. The van der Waals surface area contributed by atoms with Crippen molar-refractivity contribution in [2.75, 3.05) is 13.2 Å². The van der Waals surface area contributed by atoms with Gasteiger partial charge >= 0.3 is 6.09 Å². The van der Waals surface area contributed by atoms with Crippen LogP contribution in [0.4, 0.5) is 4.79 Å². The molecular formula is C14H26N2O3. The first-order valence-electron chi connectivity index (χ1n) is 7.27. The number of amides is 1. The molecule has 1 aliphatic carbocycles. The predicted octanol–water partition coefficient (Wildman–Crippen LogP) is 1.81. The molecule has 2 aliphatic rings. The molecular weight excluding hydrogens is 244 g/mol. The highest BCUT2D eigenvalue weighted by atomic mass is 16.6. The molecule has 5 nitrogen and oxygen atoms in total. The Bertz CT molecular complexity index is 308. The van der Waals surface area contributed by atoms with Crippen LogP contribution in [0.15, 0.2) is 0 Å². The molecule has 0 radical (unpaired) electrons. The third kappa shape index (κ3) is 4.66. The van der Waals surface area contributed by atoms with Crippen LogP contribution in [0.25, 0.3) is 0 Å². The van der Waals surface area contributed by atoms with Crippen molar-refractivity contribution in [3.8, 4) is 0 Å². The zero-order valence-corrected chi connectivity index (χ0v) is 12.2. The van der Waals surface area contributed by atoms with Crippen LogP contribution in [0.5, 0.6) is 0 Å². The van der Waals surface area contributed by atoms with Crippen LogP contribution in [0, 0.1) is 0 Å². The van der Waals surface area contributed by atoms with E-state index in [2.05, 4.69) is 10.6 Å². The van der Waals surface area contributed by atoms with Crippen molar-refractivity contribution in [2.45, 2.75) is 70.2 Å². The topological polar surface area (TPSA) is 59.6 Å². The normalized spacial score (nSPS) is 31.4. The second-order valence-corrected chi connectivity index (χ2v) is 6.52. The van der Waals surface area contributed by atoms with Gasteiger partial charge in [-0.15, -0.1) is 0 Å². The van der Waals surface area contributed by atoms with E-state index in [0.29, 0.717) is 12.1 Å². The highest BCUT2D eigenvalue weighted by molar-refractivity contribution is 5.68. The van der Waals surface area contributed by atoms with E-state index in [-0.39, 0.29) is 12.1 Å². The van der Waals surface area contributed by atoms with E-state index in [1.165, 1.54) is 0 Å². The maximum absolute atomic E-state index is 11.8. The summed E-state index contributed by atoms with van der Waals surface area (Å²) < 4.78 is 10.7. The van der Waals surface area contributed by atoms with Gasteiger partial charge in [0, 0.05) is 24.7 Å². The van der Waals surface area contributed by atoms with Crippen molar-refractivity contribution in [3.05, 3.63) is 0 Å². The lowest BCUT2D eigenvalue weighted by atomic mass is 10.1. The van der Waals surface area contributed by atoms with Crippen molar-refractivity contribution in [3.63, 3.8) is 0 Å². The summed E-state index contributed by atoms with van der Waals surface area (Å²) in [7, 11) is 0. The number of alkyl carbamates (subject to hydrolysis) is 1. The molecule has 0 aromatic rings. The molecule has 5 heteroatoms. The molecule has 0 aromatic heterocycles. The summed E-state index contributed by atoms with van der Waals surface area (Å²) in [5, 5.41) is 6.60. The summed E-state index contributed by atoms with van der Waals surface area (Å²) in [4.78, 5) is 11.8. The van der Waals surface area contributed by atoms with Gasteiger partial charge in [-0.1, -0.05) is 0 Å². The average Bonchev–Trinajstić information content (AvgIpc) is 2.89. The monoisotopic (exact) mass is 270 g/mol. The lowest BCUT2D eigenvalue weighted by molar-refractivity contribution is 0.0496.